The molecule has 4 heteroatoms. The summed E-state index contributed by atoms with van der Waals surface area (Å²) >= 11 is 7.60. The van der Waals surface area contributed by atoms with Crippen LogP contribution in [0.4, 0.5) is 0 Å². The maximum Gasteiger partial charge on any atom is 0.0931 e. The molecule has 102 valence electrons. The Bertz CT molecular complexity index is 358. The Labute approximate surface area is 119 Å². The van der Waals surface area contributed by atoms with E-state index in [2.05, 4.69) is 35.5 Å². The first-order chi connectivity index (χ1) is 8.69. The second-order valence-corrected chi connectivity index (χ2v) is 6.73. The summed E-state index contributed by atoms with van der Waals surface area (Å²) in [6.45, 7) is 8.22. The highest BCUT2D eigenvalue weighted by Gasteiger charge is 2.20. The van der Waals surface area contributed by atoms with Gasteiger partial charge in [-0.1, -0.05) is 18.5 Å². The molecule has 1 aliphatic rings. The number of hydrogen-bond donors (Lipinski definition) is 1. The molecule has 2 nitrogen and oxygen atoms in total. The third-order valence-electron chi connectivity index (χ3n) is 3.70. The van der Waals surface area contributed by atoms with E-state index >= 15 is 0 Å². The fourth-order valence-electron chi connectivity index (χ4n) is 2.64. The average Bonchev–Trinajstić information content (AvgIpc) is 2.79. The van der Waals surface area contributed by atoms with Crippen LogP contribution < -0.4 is 5.32 Å². The standard InChI is InChI=1S/C14H23ClN2S/c1-3-6-17-7-4-13(5-8-17)16-11(2)12-9-14(15)18-10-12/h9-11,13,16H,3-8H2,1-2H3. The monoisotopic (exact) mass is 286 g/mol. The average molecular weight is 287 g/mol. The zero-order chi connectivity index (χ0) is 13.0. The van der Waals surface area contributed by atoms with Crippen molar-refractivity contribution in [1.29, 1.82) is 0 Å². The molecule has 0 aromatic carbocycles. The zero-order valence-corrected chi connectivity index (χ0v) is 12.9. The van der Waals surface area contributed by atoms with Gasteiger partial charge in [0.15, 0.2) is 0 Å². The van der Waals surface area contributed by atoms with Gasteiger partial charge in [0.2, 0.25) is 0 Å². The second kappa shape index (κ2) is 6.90. The van der Waals surface area contributed by atoms with Crippen molar-refractivity contribution in [1.82, 2.24) is 10.2 Å². The Balaban J connectivity index is 1.77. The summed E-state index contributed by atoms with van der Waals surface area (Å²) in [5.74, 6) is 0. The predicted octanol–water partition coefficient (Wildman–Crippen LogP) is 3.93. The van der Waals surface area contributed by atoms with Gasteiger partial charge in [0, 0.05) is 12.1 Å². The first-order valence-electron chi connectivity index (χ1n) is 6.91. The minimum Gasteiger partial charge on any atom is -0.307 e. The van der Waals surface area contributed by atoms with Gasteiger partial charge in [0.05, 0.1) is 4.34 Å². The molecule has 1 saturated heterocycles. The Kier molecular flexibility index (Phi) is 5.49. The molecule has 0 aliphatic carbocycles. The van der Waals surface area contributed by atoms with Gasteiger partial charge in [-0.05, 0) is 62.8 Å². The lowest BCUT2D eigenvalue weighted by molar-refractivity contribution is 0.192. The van der Waals surface area contributed by atoms with Crippen molar-refractivity contribution in [3.63, 3.8) is 0 Å². The van der Waals surface area contributed by atoms with Gasteiger partial charge < -0.3 is 10.2 Å². The van der Waals surface area contributed by atoms with Crippen molar-refractivity contribution in [2.45, 2.75) is 45.2 Å². The third-order valence-corrected chi connectivity index (χ3v) is 4.81. The van der Waals surface area contributed by atoms with Crippen LogP contribution in [0.1, 0.15) is 44.7 Å². The number of rotatable bonds is 5. The third kappa shape index (κ3) is 3.95. The van der Waals surface area contributed by atoms with Crippen molar-refractivity contribution in [2.75, 3.05) is 19.6 Å². The molecule has 1 aliphatic heterocycles. The summed E-state index contributed by atoms with van der Waals surface area (Å²) in [4.78, 5) is 2.57. The molecule has 1 fully saturated rings. The van der Waals surface area contributed by atoms with E-state index in [1.807, 2.05) is 0 Å². The molecule has 1 unspecified atom stereocenters. The molecule has 1 aromatic rings. The molecule has 1 aromatic heterocycles. The van der Waals surface area contributed by atoms with Crippen LogP contribution in [-0.4, -0.2) is 30.6 Å². The highest BCUT2D eigenvalue weighted by Crippen LogP contribution is 2.25. The van der Waals surface area contributed by atoms with Crippen LogP contribution in [0.2, 0.25) is 4.34 Å². The summed E-state index contributed by atoms with van der Waals surface area (Å²) in [5, 5.41) is 5.89. The molecular formula is C14H23ClN2S. The zero-order valence-electron chi connectivity index (χ0n) is 11.3. The Morgan fingerprint density at radius 1 is 1.50 bits per heavy atom. The summed E-state index contributed by atoms with van der Waals surface area (Å²) in [5.41, 5.74) is 1.32. The van der Waals surface area contributed by atoms with Crippen LogP contribution >= 0.6 is 22.9 Å². The van der Waals surface area contributed by atoms with Crippen molar-refractivity contribution >= 4 is 22.9 Å². The van der Waals surface area contributed by atoms with Crippen molar-refractivity contribution < 1.29 is 0 Å². The molecule has 18 heavy (non-hydrogen) atoms. The van der Waals surface area contributed by atoms with E-state index in [1.165, 1.54) is 44.5 Å². The number of nitrogens with zero attached hydrogens (tertiary/aromatic N) is 1. The van der Waals surface area contributed by atoms with Gasteiger partial charge in [-0.25, -0.2) is 0 Å². The summed E-state index contributed by atoms with van der Waals surface area (Å²) in [7, 11) is 0. The fraction of sp³-hybridized carbons (Fsp3) is 0.714. The van der Waals surface area contributed by atoms with E-state index in [4.69, 9.17) is 11.6 Å². The Morgan fingerprint density at radius 3 is 2.78 bits per heavy atom. The van der Waals surface area contributed by atoms with E-state index in [0.717, 1.165) is 4.34 Å². The molecule has 0 amide bonds. The maximum atomic E-state index is 5.99. The second-order valence-electron chi connectivity index (χ2n) is 5.19. The Hall–Kier alpha value is -0.0900. The SMILES string of the molecule is CCCN1CCC(NC(C)c2csc(Cl)c2)CC1. The van der Waals surface area contributed by atoms with Gasteiger partial charge in [-0.3, -0.25) is 0 Å². The van der Waals surface area contributed by atoms with Crippen LogP contribution in [0.15, 0.2) is 11.4 Å². The highest BCUT2D eigenvalue weighted by atomic mass is 35.5. The lowest BCUT2D eigenvalue weighted by Crippen LogP contribution is -2.43. The topological polar surface area (TPSA) is 15.3 Å². The van der Waals surface area contributed by atoms with Crippen LogP contribution in [0.5, 0.6) is 0 Å². The summed E-state index contributed by atoms with van der Waals surface area (Å²) < 4.78 is 0.886. The molecule has 2 rings (SSSR count). The van der Waals surface area contributed by atoms with Crippen molar-refractivity contribution in [2.24, 2.45) is 0 Å². The van der Waals surface area contributed by atoms with Gasteiger partial charge in [0.25, 0.3) is 0 Å². The number of hydrogen-bond acceptors (Lipinski definition) is 3. The van der Waals surface area contributed by atoms with E-state index in [9.17, 15) is 0 Å². The maximum absolute atomic E-state index is 5.99. The molecule has 0 radical (unpaired) electrons. The van der Waals surface area contributed by atoms with Gasteiger partial charge in [0.1, 0.15) is 0 Å². The van der Waals surface area contributed by atoms with E-state index in [0.29, 0.717) is 12.1 Å². The summed E-state index contributed by atoms with van der Waals surface area (Å²) in [6, 6.07) is 3.15. The first kappa shape index (κ1) is 14.3. The van der Waals surface area contributed by atoms with Crippen LogP contribution in [0.3, 0.4) is 0 Å². The van der Waals surface area contributed by atoms with E-state index in [1.54, 1.807) is 11.3 Å². The van der Waals surface area contributed by atoms with Crippen LogP contribution in [0.25, 0.3) is 0 Å². The lowest BCUT2D eigenvalue weighted by atomic mass is 10.0. The fourth-order valence-corrected chi connectivity index (χ4v) is 3.62. The highest BCUT2D eigenvalue weighted by molar-refractivity contribution is 7.14. The molecule has 1 atom stereocenters. The largest absolute Gasteiger partial charge is 0.307 e. The summed E-state index contributed by atoms with van der Waals surface area (Å²) in [6.07, 6.45) is 3.80. The normalized spacial score (nSPS) is 20.2. The number of thiophene rings is 1. The van der Waals surface area contributed by atoms with Gasteiger partial charge >= 0.3 is 0 Å². The molecule has 1 N–H and O–H groups in total. The molecule has 0 spiro atoms. The number of halogens is 1. The number of piperidine rings is 1. The van der Waals surface area contributed by atoms with Crippen molar-refractivity contribution in [3.8, 4) is 0 Å². The molecule has 2 heterocycles. The van der Waals surface area contributed by atoms with E-state index < -0.39 is 0 Å². The van der Waals surface area contributed by atoms with E-state index in [-0.39, 0.29) is 0 Å². The van der Waals surface area contributed by atoms with Crippen molar-refractivity contribution in [3.05, 3.63) is 21.3 Å². The predicted molar refractivity (Wildman–Crippen MR) is 80.6 cm³/mol. The quantitative estimate of drug-likeness (QED) is 0.882. The molecule has 0 saturated carbocycles. The van der Waals surface area contributed by atoms with Crippen LogP contribution in [-0.2, 0) is 0 Å². The lowest BCUT2D eigenvalue weighted by Gasteiger charge is -2.33. The molecular weight excluding hydrogens is 264 g/mol. The number of nitrogens with one attached hydrogen (secondary N) is 1. The Morgan fingerprint density at radius 2 is 2.22 bits per heavy atom. The van der Waals surface area contributed by atoms with Crippen LogP contribution in [0, 0.1) is 0 Å². The first-order valence-corrected chi connectivity index (χ1v) is 8.17. The minimum absolute atomic E-state index is 0.413. The van der Waals surface area contributed by atoms with Gasteiger partial charge in [-0.2, -0.15) is 0 Å². The van der Waals surface area contributed by atoms with Gasteiger partial charge in [-0.15, -0.1) is 11.3 Å². The number of likely N-dealkylation sites (tertiary alicyclic amines) is 1. The smallest absolute Gasteiger partial charge is 0.0931 e. The minimum atomic E-state index is 0.413. The molecule has 0 bridgehead atoms.